The summed E-state index contributed by atoms with van der Waals surface area (Å²) in [5.41, 5.74) is 0.251. The van der Waals surface area contributed by atoms with Crippen LogP contribution in [0.2, 0.25) is 0 Å². The number of carbonyl (C=O) groups is 2. The number of amides is 3. The maximum atomic E-state index is 12.4. The Morgan fingerprint density at radius 2 is 1.83 bits per heavy atom. The summed E-state index contributed by atoms with van der Waals surface area (Å²) in [5, 5.41) is 2.88. The number of rotatable bonds is 1. The maximum absolute atomic E-state index is 12.4. The van der Waals surface area contributed by atoms with Gasteiger partial charge in [-0.25, -0.2) is 9.59 Å². The molecule has 126 valence electrons. The summed E-state index contributed by atoms with van der Waals surface area (Å²) in [6, 6.07) is 9.13. The molecule has 0 bridgehead atoms. The van der Waals surface area contributed by atoms with E-state index in [-0.39, 0.29) is 18.2 Å². The lowest BCUT2D eigenvalue weighted by Crippen LogP contribution is -2.57. The van der Waals surface area contributed by atoms with E-state index in [0.717, 1.165) is 5.69 Å². The number of hydrogen-bond acceptors (Lipinski definition) is 3. The molecule has 0 saturated carbocycles. The highest BCUT2D eigenvalue weighted by Crippen LogP contribution is 2.16. The number of carbonyl (C=O) groups excluding carboxylic acids is 2. The first-order valence-electron chi connectivity index (χ1n) is 7.87. The summed E-state index contributed by atoms with van der Waals surface area (Å²) in [6.45, 7) is 8.90. The fourth-order valence-corrected chi connectivity index (χ4v) is 2.47. The van der Waals surface area contributed by atoms with Crippen molar-refractivity contribution in [1.29, 1.82) is 0 Å². The first-order chi connectivity index (χ1) is 10.8. The van der Waals surface area contributed by atoms with Gasteiger partial charge in [0.2, 0.25) is 0 Å². The van der Waals surface area contributed by atoms with E-state index < -0.39 is 5.60 Å². The lowest BCUT2D eigenvalue weighted by atomic mass is 10.2. The van der Waals surface area contributed by atoms with Gasteiger partial charge in [0, 0.05) is 31.4 Å². The third-order valence-corrected chi connectivity index (χ3v) is 3.57. The molecule has 0 spiro atoms. The molecular weight excluding hydrogens is 294 g/mol. The molecule has 0 radical (unpaired) electrons. The molecule has 3 amide bonds. The summed E-state index contributed by atoms with van der Waals surface area (Å²) in [4.78, 5) is 27.9. The summed E-state index contributed by atoms with van der Waals surface area (Å²) in [7, 11) is 0. The Morgan fingerprint density at radius 3 is 2.39 bits per heavy atom. The number of anilines is 1. The van der Waals surface area contributed by atoms with Crippen molar-refractivity contribution in [2.45, 2.75) is 39.3 Å². The number of piperazine rings is 1. The topological polar surface area (TPSA) is 61.9 Å². The molecular formula is C17H25N3O3. The Hall–Kier alpha value is -2.24. The minimum absolute atomic E-state index is 0.0695. The van der Waals surface area contributed by atoms with Gasteiger partial charge in [-0.3, -0.25) is 0 Å². The number of ether oxygens (including phenoxy) is 1. The Balaban J connectivity index is 1.91. The van der Waals surface area contributed by atoms with Crippen LogP contribution in [0.1, 0.15) is 27.7 Å². The van der Waals surface area contributed by atoms with Crippen LogP contribution in [0.4, 0.5) is 15.3 Å². The minimum Gasteiger partial charge on any atom is -0.444 e. The van der Waals surface area contributed by atoms with Gasteiger partial charge in [-0.15, -0.1) is 0 Å². The minimum atomic E-state index is -0.512. The monoisotopic (exact) mass is 319 g/mol. The zero-order valence-electron chi connectivity index (χ0n) is 14.2. The second kappa shape index (κ2) is 6.89. The normalized spacial score (nSPS) is 18.5. The van der Waals surface area contributed by atoms with Gasteiger partial charge in [0.25, 0.3) is 0 Å². The number of para-hydroxylation sites is 1. The summed E-state index contributed by atoms with van der Waals surface area (Å²) >= 11 is 0. The van der Waals surface area contributed by atoms with E-state index in [9.17, 15) is 9.59 Å². The lowest BCUT2D eigenvalue weighted by Gasteiger charge is -2.40. The molecule has 1 saturated heterocycles. The van der Waals surface area contributed by atoms with E-state index in [1.807, 2.05) is 58.0 Å². The molecule has 1 aromatic carbocycles. The fourth-order valence-electron chi connectivity index (χ4n) is 2.47. The Bertz CT molecular complexity index is 554. The first-order valence-corrected chi connectivity index (χ1v) is 7.87. The standard InChI is InChI=1S/C17H25N3O3/c1-13-12-19(16(22)23-17(2,3)4)10-11-20(13)15(21)18-14-8-6-5-7-9-14/h5-9,13H,10-12H2,1-4H3,(H,18,21)/t13-/m0/s1. The summed E-state index contributed by atoms with van der Waals surface area (Å²) in [5.74, 6) is 0. The molecule has 1 aliphatic heterocycles. The molecule has 0 unspecified atom stereocenters. The highest BCUT2D eigenvalue weighted by atomic mass is 16.6. The number of nitrogens with zero attached hydrogens (tertiary/aromatic N) is 2. The third-order valence-electron chi connectivity index (χ3n) is 3.57. The van der Waals surface area contributed by atoms with E-state index in [4.69, 9.17) is 4.74 Å². The third kappa shape index (κ3) is 4.87. The molecule has 1 heterocycles. The van der Waals surface area contributed by atoms with Crippen molar-refractivity contribution >= 4 is 17.8 Å². The van der Waals surface area contributed by atoms with E-state index in [1.165, 1.54) is 0 Å². The van der Waals surface area contributed by atoms with Gasteiger partial charge in [-0.1, -0.05) is 18.2 Å². The van der Waals surface area contributed by atoms with Crippen LogP contribution in [0.25, 0.3) is 0 Å². The van der Waals surface area contributed by atoms with Gasteiger partial charge in [0.05, 0.1) is 0 Å². The molecule has 2 rings (SSSR count). The molecule has 23 heavy (non-hydrogen) atoms. The van der Waals surface area contributed by atoms with E-state index >= 15 is 0 Å². The molecule has 0 aliphatic carbocycles. The first kappa shape index (κ1) is 17.1. The van der Waals surface area contributed by atoms with E-state index in [0.29, 0.717) is 19.6 Å². The van der Waals surface area contributed by atoms with Gasteiger partial charge in [0.1, 0.15) is 5.60 Å². The van der Waals surface area contributed by atoms with Crippen molar-refractivity contribution in [3.8, 4) is 0 Å². The maximum Gasteiger partial charge on any atom is 0.410 e. The quantitative estimate of drug-likeness (QED) is 0.865. The second-order valence-electron chi connectivity index (χ2n) is 6.76. The molecule has 1 aliphatic rings. The summed E-state index contributed by atoms with van der Waals surface area (Å²) < 4.78 is 5.38. The smallest absolute Gasteiger partial charge is 0.410 e. The molecule has 6 heteroatoms. The largest absolute Gasteiger partial charge is 0.444 e. The van der Waals surface area contributed by atoms with Crippen molar-refractivity contribution in [2.75, 3.05) is 25.0 Å². The van der Waals surface area contributed by atoms with Gasteiger partial charge < -0.3 is 19.9 Å². The van der Waals surface area contributed by atoms with Crippen LogP contribution in [-0.2, 0) is 4.74 Å². The Kier molecular flexibility index (Phi) is 5.13. The van der Waals surface area contributed by atoms with E-state index in [2.05, 4.69) is 5.32 Å². The van der Waals surface area contributed by atoms with Gasteiger partial charge in [0.15, 0.2) is 0 Å². The highest BCUT2D eigenvalue weighted by Gasteiger charge is 2.32. The second-order valence-corrected chi connectivity index (χ2v) is 6.76. The SMILES string of the molecule is C[C@H]1CN(C(=O)OC(C)(C)C)CCN1C(=O)Nc1ccccc1. The molecule has 1 N–H and O–H groups in total. The molecule has 1 fully saturated rings. The van der Waals surface area contributed by atoms with E-state index in [1.54, 1.807) is 9.80 Å². The number of nitrogens with one attached hydrogen (secondary N) is 1. The predicted molar refractivity (Wildman–Crippen MR) is 89.4 cm³/mol. The number of benzene rings is 1. The van der Waals surface area contributed by atoms with Gasteiger partial charge >= 0.3 is 12.1 Å². The average Bonchev–Trinajstić information content (AvgIpc) is 2.46. The van der Waals surface area contributed by atoms with Crippen molar-refractivity contribution in [1.82, 2.24) is 9.80 Å². The van der Waals surface area contributed by atoms with Crippen molar-refractivity contribution in [3.05, 3.63) is 30.3 Å². The predicted octanol–water partition coefficient (Wildman–Crippen LogP) is 3.16. The fraction of sp³-hybridized carbons (Fsp3) is 0.529. The Labute approximate surface area is 137 Å². The molecule has 0 aromatic heterocycles. The number of urea groups is 1. The molecule has 6 nitrogen and oxygen atoms in total. The zero-order chi connectivity index (χ0) is 17.0. The van der Waals surface area contributed by atoms with Crippen LogP contribution in [0.3, 0.4) is 0 Å². The van der Waals surface area contributed by atoms with Crippen molar-refractivity contribution in [3.63, 3.8) is 0 Å². The lowest BCUT2D eigenvalue weighted by molar-refractivity contribution is 0.0112. The summed E-state index contributed by atoms with van der Waals surface area (Å²) in [6.07, 6.45) is -0.326. The van der Waals surface area contributed by atoms with Crippen LogP contribution in [0, 0.1) is 0 Å². The average molecular weight is 319 g/mol. The van der Waals surface area contributed by atoms with Crippen LogP contribution >= 0.6 is 0 Å². The highest BCUT2D eigenvalue weighted by molar-refractivity contribution is 5.89. The van der Waals surface area contributed by atoms with Gasteiger partial charge in [-0.2, -0.15) is 0 Å². The zero-order valence-corrected chi connectivity index (χ0v) is 14.2. The molecule has 1 aromatic rings. The van der Waals surface area contributed by atoms with Crippen molar-refractivity contribution < 1.29 is 14.3 Å². The van der Waals surface area contributed by atoms with Crippen LogP contribution < -0.4 is 5.32 Å². The van der Waals surface area contributed by atoms with Crippen molar-refractivity contribution in [2.24, 2.45) is 0 Å². The van der Waals surface area contributed by atoms with Crippen LogP contribution in [-0.4, -0.2) is 53.2 Å². The Morgan fingerprint density at radius 1 is 1.17 bits per heavy atom. The van der Waals surface area contributed by atoms with Crippen LogP contribution in [0.15, 0.2) is 30.3 Å². The van der Waals surface area contributed by atoms with Crippen LogP contribution in [0.5, 0.6) is 0 Å². The van der Waals surface area contributed by atoms with Gasteiger partial charge in [-0.05, 0) is 39.8 Å². The molecule has 1 atom stereocenters. The number of hydrogen-bond donors (Lipinski definition) is 1.